The average Bonchev–Trinajstić information content (AvgIpc) is 2.78. The monoisotopic (exact) mass is 412 g/mol. The third-order valence-electron chi connectivity index (χ3n) is 4.98. The highest BCUT2D eigenvalue weighted by Crippen LogP contribution is 2.36. The lowest BCUT2D eigenvalue weighted by atomic mass is 9.97. The van der Waals surface area contributed by atoms with E-state index in [1.807, 2.05) is 43.3 Å². The molecule has 2 aromatic carbocycles. The number of fused-ring (bicyclic) bond motifs is 1. The van der Waals surface area contributed by atoms with E-state index in [4.69, 9.17) is 22.5 Å². The predicted octanol–water partition coefficient (Wildman–Crippen LogP) is 4.53. The quantitative estimate of drug-likeness (QED) is 0.411. The molecule has 0 aliphatic heterocycles. The van der Waals surface area contributed by atoms with E-state index in [0.717, 1.165) is 5.56 Å². The van der Waals surface area contributed by atoms with Crippen molar-refractivity contribution in [1.29, 1.82) is 0 Å². The van der Waals surface area contributed by atoms with Crippen molar-refractivity contribution in [3.8, 4) is 11.3 Å². The fourth-order valence-corrected chi connectivity index (χ4v) is 3.52. The molecule has 0 saturated heterocycles. The van der Waals surface area contributed by atoms with Crippen LogP contribution in [0.25, 0.3) is 27.1 Å². The van der Waals surface area contributed by atoms with Gasteiger partial charge in [-0.25, -0.2) is 14.8 Å². The second-order valence-corrected chi connectivity index (χ2v) is 6.92. The van der Waals surface area contributed by atoms with Crippen molar-refractivity contribution < 1.29 is 4.42 Å². The maximum absolute atomic E-state index is 13.6. The van der Waals surface area contributed by atoms with E-state index >= 15 is 0 Å². The highest BCUT2D eigenvalue weighted by Gasteiger charge is 2.25. The zero-order valence-corrected chi connectivity index (χ0v) is 16.8. The van der Waals surface area contributed by atoms with Crippen LogP contribution in [-0.2, 0) is 0 Å². The highest BCUT2D eigenvalue weighted by atomic mass is 16.3. The summed E-state index contributed by atoms with van der Waals surface area (Å²) in [5.74, 6) is 0.561. The van der Waals surface area contributed by atoms with Crippen molar-refractivity contribution in [3.05, 3.63) is 81.8 Å². The minimum absolute atomic E-state index is 0.0197. The molecule has 1 unspecified atom stereocenters. The van der Waals surface area contributed by atoms with Crippen LogP contribution in [0.2, 0.25) is 0 Å². The van der Waals surface area contributed by atoms with Crippen molar-refractivity contribution >= 4 is 34.2 Å². The number of nitrogen functional groups attached to an aromatic ring is 2. The van der Waals surface area contributed by atoms with Crippen LogP contribution in [-0.4, -0.2) is 9.97 Å². The molecule has 2 aromatic heterocycles. The summed E-state index contributed by atoms with van der Waals surface area (Å²) in [6, 6.07) is 16.0. The number of para-hydroxylation sites is 1. The SMILES string of the molecule is [C-]#[N+]c1c(N)nc(N)nc1NC(CC)c1c(-c2ccccc2)oc2ccccc2c1=O. The number of nitrogens with zero attached hydrogens (tertiary/aromatic N) is 3. The zero-order chi connectivity index (χ0) is 22.0. The van der Waals surface area contributed by atoms with Crippen molar-refractivity contribution in [2.75, 3.05) is 16.8 Å². The van der Waals surface area contributed by atoms with E-state index in [9.17, 15) is 4.79 Å². The lowest BCUT2D eigenvalue weighted by Gasteiger charge is -2.21. The Bertz CT molecular complexity index is 1360. The number of benzene rings is 2. The summed E-state index contributed by atoms with van der Waals surface area (Å²) in [7, 11) is 0. The summed E-state index contributed by atoms with van der Waals surface area (Å²) >= 11 is 0. The summed E-state index contributed by atoms with van der Waals surface area (Å²) in [6.07, 6.45) is 0.518. The molecule has 0 bridgehead atoms. The summed E-state index contributed by atoms with van der Waals surface area (Å²) in [5, 5.41) is 3.65. The Morgan fingerprint density at radius 1 is 1.10 bits per heavy atom. The molecule has 8 nitrogen and oxygen atoms in total. The molecule has 0 fully saturated rings. The molecule has 0 amide bonds. The minimum Gasteiger partial charge on any atom is -0.455 e. The van der Waals surface area contributed by atoms with Crippen molar-refractivity contribution in [2.45, 2.75) is 19.4 Å². The fourth-order valence-electron chi connectivity index (χ4n) is 3.52. The van der Waals surface area contributed by atoms with Crippen LogP contribution in [0.1, 0.15) is 24.9 Å². The van der Waals surface area contributed by atoms with Crippen molar-refractivity contribution in [1.82, 2.24) is 9.97 Å². The zero-order valence-electron chi connectivity index (χ0n) is 16.8. The summed E-state index contributed by atoms with van der Waals surface area (Å²) in [6.45, 7) is 9.36. The Morgan fingerprint density at radius 3 is 2.52 bits per heavy atom. The highest BCUT2D eigenvalue weighted by molar-refractivity contribution is 5.82. The van der Waals surface area contributed by atoms with Gasteiger partial charge < -0.3 is 21.2 Å². The first kappa shape index (κ1) is 19.9. The van der Waals surface area contributed by atoms with Gasteiger partial charge in [-0.15, -0.1) is 0 Å². The molecule has 4 aromatic rings. The fraction of sp³-hybridized carbons (Fsp3) is 0.130. The van der Waals surface area contributed by atoms with Crippen molar-refractivity contribution in [3.63, 3.8) is 0 Å². The standard InChI is InChI=1S/C23H20N6O2/c1-3-15(27-22-18(26-2)21(24)28-23(25)29-22)17-19(30)14-11-7-8-12-16(14)31-20(17)13-9-5-4-6-10-13/h4-12,15H,3H2,1H3,(H5,24,25,27,28,29). The number of rotatable bonds is 5. The number of nitrogens with two attached hydrogens (primary N) is 2. The smallest absolute Gasteiger partial charge is 0.268 e. The Balaban J connectivity index is 1.95. The molecule has 0 spiro atoms. The lowest BCUT2D eigenvalue weighted by molar-refractivity contribution is 0.596. The van der Waals surface area contributed by atoms with Crippen LogP contribution in [0.15, 0.2) is 63.8 Å². The van der Waals surface area contributed by atoms with Gasteiger partial charge in [-0.05, 0) is 18.6 Å². The molecule has 0 saturated carbocycles. The van der Waals surface area contributed by atoms with Crippen LogP contribution >= 0.6 is 0 Å². The number of anilines is 3. The summed E-state index contributed by atoms with van der Waals surface area (Å²) in [4.78, 5) is 25.0. The van der Waals surface area contributed by atoms with Gasteiger partial charge in [-0.3, -0.25) is 4.79 Å². The number of hydrogen-bond acceptors (Lipinski definition) is 7. The Morgan fingerprint density at radius 2 is 1.81 bits per heavy atom. The van der Waals surface area contributed by atoms with Gasteiger partial charge in [0, 0.05) is 5.56 Å². The lowest BCUT2D eigenvalue weighted by Crippen LogP contribution is -2.21. The molecule has 0 aliphatic rings. The number of hydrogen-bond donors (Lipinski definition) is 3. The van der Waals surface area contributed by atoms with Crippen LogP contribution in [0.4, 0.5) is 23.3 Å². The van der Waals surface area contributed by atoms with E-state index in [1.165, 1.54) is 0 Å². The molecule has 0 aliphatic carbocycles. The second-order valence-electron chi connectivity index (χ2n) is 6.92. The Labute approximate surface area is 178 Å². The normalized spacial score (nSPS) is 11.7. The van der Waals surface area contributed by atoms with Gasteiger partial charge in [-0.1, -0.05) is 49.4 Å². The van der Waals surface area contributed by atoms with Gasteiger partial charge in [0.2, 0.25) is 5.95 Å². The first-order chi connectivity index (χ1) is 15.0. The van der Waals surface area contributed by atoms with E-state index < -0.39 is 6.04 Å². The Hall–Kier alpha value is -4.38. The molecule has 5 N–H and O–H groups in total. The molecule has 0 radical (unpaired) electrons. The third-order valence-corrected chi connectivity index (χ3v) is 4.98. The summed E-state index contributed by atoms with van der Waals surface area (Å²) < 4.78 is 6.20. The maximum Gasteiger partial charge on any atom is 0.268 e. The molecular formula is C23H20N6O2. The molecule has 4 rings (SSSR count). The maximum atomic E-state index is 13.6. The predicted molar refractivity (Wildman–Crippen MR) is 122 cm³/mol. The van der Waals surface area contributed by atoms with E-state index in [2.05, 4.69) is 20.1 Å². The first-order valence-electron chi connectivity index (χ1n) is 9.71. The van der Waals surface area contributed by atoms with E-state index in [1.54, 1.807) is 18.2 Å². The average molecular weight is 412 g/mol. The molecular weight excluding hydrogens is 392 g/mol. The molecule has 2 heterocycles. The van der Waals surface area contributed by atoms with Gasteiger partial charge in [0.15, 0.2) is 5.43 Å². The topological polar surface area (TPSA) is 124 Å². The van der Waals surface area contributed by atoms with Crippen LogP contribution in [0.3, 0.4) is 0 Å². The van der Waals surface area contributed by atoms with Crippen LogP contribution in [0, 0.1) is 6.57 Å². The first-order valence-corrected chi connectivity index (χ1v) is 9.71. The van der Waals surface area contributed by atoms with Gasteiger partial charge in [-0.2, -0.15) is 0 Å². The van der Waals surface area contributed by atoms with E-state index in [-0.39, 0.29) is 28.7 Å². The van der Waals surface area contributed by atoms with Gasteiger partial charge >= 0.3 is 0 Å². The minimum atomic E-state index is -0.509. The van der Waals surface area contributed by atoms with Crippen molar-refractivity contribution in [2.24, 2.45) is 0 Å². The van der Waals surface area contributed by atoms with Gasteiger partial charge in [0.25, 0.3) is 5.69 Å². The van der Waals surface area contributed by atoms with Crippen LogP contribution < -0.4 is 22.2 Å². The number of nitrogens with one attached hydrogen (secondary N) is 1. The molecule has 1 atom stereocenters. The Kier molecular flexibility index (Phi) is 5.24. The van der Waals surface area contributed by atoms with Gasteiger partial charge in [0.1, 0.15) is 23.0 Å². The number of aromatic nitrogens is 2. The van der Waals surface area contributed by atoms with E-state index in [0.29, 0.717) is 28.7 Å². The largest absolute Gasteiger partial charge is 0.455 e. The van der Waals surface area contributed by atoms with Gasteiger partial charge in [0.05, 0.1) is 23.6 Å². The third kappa shape index (κ3) is 3.65. The van der Waals surface area contributed by atoms with Crippen LogP contribution in [0.5, 0.6) is 0 Å². The second kappa shape index (κ2) is 8.16. The molecule has 31 heavy (non-hydrogen) atoms. The molecule has 8 heteroatoms. The summed E-state index contributed by atoms with van der Waals surface area (Å²) in [5.41, 5.74) is 13.2. The molecule has 154 valence electrons.